The number of thioether (sulfide) groups is 1. The van der Waals surface area contributed by atoms with Crippen LogP contribution in [-0.2, 0) is 9.59 Å². The number of piperidine rings is 1. The molecule has 2 saturated heterocycles. The van der Waals surface area contributed by atoms with Crippen molar-refractivity contribution in [3.63, 3.8) is 0 Å². The van der Waals surface area contributed by atoms with E-state index in [0.717, 1.165) is 50.6 Å². The molecule has 0 aromatic heterocycles. The van der Waals surface area contributed by atoms with E-state index in [1.807, 2.05) is 16.7 Å². The Hall–Kier alpha value is -0.420. The van der Waals surface area contributed by atoms with E-state index in [0.29, 0.717) is 12.3 Å². The summed E-state index contributed by atoms with van der Waals surface area (Å²) in [5, 5.41) is 0. The zero-order chi connectivity index (χ0) is 16.3. The van der Waals surface area contributed by atoms with E-state index in [-0.39, 0.29) is 16.7 Å². The van der Waals surface area contributed by atoms with E-state index >= 15 is 0 Å². The van der Waals surface area contributed by atoms with Gasteiger partial charge in [0.25, 0.3) is 0 Å². The molecule has 130 valence electrons. The predicted molar refractivity (Wildman–Crippen MR) is 94.6 cm³/mol. The minimum atomic E-state index is -0.0597. The van der Waals surface area contributed by atoms with Crippen LogP contribution in [0, 0.1) is 5.92 Å². The number of rotatable bonds is 4. The summed E-state index contributed by atoms with van der Waals surface area (Å²) < 4.78 is 0. The molecule has 0 atom stereocenters. The minimum absolute atomic E-state index is 0.0172. The smallest absolute Gasteiger partial charge is 0.237 e. The van der Waals surface area contributed by atoms with E-state index in [2.05, 4.69) is 4.90 Å². The molecule has 3 rings (SSSR count). The van der Waals surface area contributed by atoms with Crippen LogP contribution in [0.2, 0.25) is 0 Å². The van der Waals surface area contributed by atoms with Crippen molar-refractivity contribution in [3.05, 3.63) is 0 Å². The van der Waals surface area contributed by atoms with Crippen LogP contribution in [0.25, 0.3) is 0 Å². The Kier molecular flexibility index (Phi) is 5.78. The molecule has 2 amide bonds. The summed E-state index contributed by atoms with van der Waals surface area (Å²) in [4.78, 5) is 28.4. The number of amides is 2. The lowest BCUT2D eigenvalue weighted by Gasteiger charge is -2.44. The van der Waals surface area contributed by atoms with Crippen LogP contribution in [0.1, 0.15) is 51.4 Å². The first-order valence-electron chi connectivity index (χ1n) is 8.93. The summed E-state index contributed by atoms with van der Waals surface area (Å²) in [7, 11) is 0. The predicted octanol–water partition coefficient (Wildman–Crippen LogP) is 3.09. The van der Waals surface area contributed by atoms with Crippen molar-refractivity contribution >= 4 is 35.2 Å². The second-order valence-electron chi connectivity index (χ2n) is 7.04. The van der Waals surface area contributed by atoms with Gasteiger partial charge in [-0.2, -0.15) is 0 Å². The largest absolute Gasteiger partial charge is 0.341 e. The third kappa shape index (κ3) is 3.81. The summed E-state index contributed by atoms with van der Waals surface area (Å²) in [6, 6.07) is 0. The first-order valence-corrected chi connectivity index (χ1v) is 10.4. The molecule has 1 saturated carbocycles. The Labute approximate surface area is 148 Å². The molecule has 0 aromatic rings. The second kappa shape index (κ2) is 7.64. The number of likely N-dealkylation sites (tertiary alicyclic amines) is 1. The fraction of sp³-hybridized carbons (Fsp3) is 0.882. The third-order valence-electron chi connectivity index (χ3n) is 5.73. The summed E-state index contributed by atoms with van der Waals surface area (Å²) in [5.74, 6) is 2.21. The van der Waals surface area contributed by atoms with Crippen LogP contribution >= 0.6 is 23.4 Å². The van der Waals surface area contributed by atoms with Gasteiger partial charge in [-0.15, -0.1) is 23.4 Å². The van der Waals surface area contributed by atoms with Crippen LogP contribution in [0.4, 0.5) is 0 Å². The lowest BCUT2D eigenvalue weighted by molar-refractivity contribution is -0.136. The summed E-state index contributed by atoms with van der Waals surface area (Å²) in [5.41, 5.74) is 0. The molecule has 6 heteroatoms. The van der Waals surface area contributed by atoms with Gasteiger partial charge in [0.05, 0.1) is 4.87 Å². The molecule has 3 fully saturated rings. The quantitative estimate of drug-likeness (QED) is 0.725. The fourth-order valence-corrected chi connectivity index (χ4v) is 5.97. The fourth-order valence-electron chi connectivity index (χ4n) is 4.33. The molecular weight excluding hydrogens is 332 g/mol. The van der Waals surface area contributed by atoms with Crippen LogP contribution in [-0.4, -0.2) is 57.8 Å². The zero-order valence-corrected chi connectivity index (χ0v) is 15.3. The molecule has 0 bridgehead atoms. The van der Waals surface area contributed by atoms with Crippen molar-refractivity contribution in [1.82, 2.24) is 9.80 Å². The van der Waals surface area contributed by atoms with Gasteiger partial charge in [-0.1, -0.05) is 25.7 Å². The molecule has 2 aliphatic heterocycles. The number of carbonyl (C=O) groups excluding carboxylic acids is 2. The van der Waals surface area contributed by atoms with Crippen LogP contribution in [0.5, 0.6) is 0 Å². The maximum atomic E-state index is 12.8. The Morgan fingerprint density at radius 2 is 1.78 bits per heavy atom. The first kappa shape index (κ1) is 17.4. The van der Waals surface area contributed by atoms with Gasteiger partial charge in [0.2, 0.25) is 11.8 Å². The summed E-state index contributed by atoms with van der Waals surface area (Å²) in [6.45, 7) is 2.33. The molecule has 0 N–H and O–H groups in total. The molecule has 2 heterocycles. The highest BCUT2D eigenvalue weighted by molar-refractivity contribution is 8.00. The SMILES string of the molecule is O=C(CCl)N1CCC2(CC1)SCCN2C(=O)CCC1CCCC1. The van der Waals surface area contributed by atoms with Gasteiger partial charge in [0, 0.05) is 31.8 Å². The lowest BCUT2D eigenvalue weighted by Crippen LogP contribution is -2.53. The lowest BCUT2D eigenvalue weighted by atomic mass is 9.99. The normalized spacial score (nSPS) is 24.6. The van der Waals surface area contributed by atoms with Crippen LogP contribution in [0.3, 0.4) is 0 Å². The zero-order valence-electron chi connectivity index (χ0n) is 13.8. The van der Waals surface area contributed by atoms with Gasteiger partial charge in [-0.05, 0) is 25.2 Å². The number of carbonyl (C=O) groups is 2. The van der Waals surface area contributed by atoms with Crippen molar-refractivity contribution < 1.29 is 9.59 Å². The number of hydrogen-bond donors (Lipinski definition) is 0. The van der Waals surface area contributed by atoms with Gasteiger partial charge in [-0.3, -0.25) is 9.59 Å². The second-order valence-corrected chi connectivity index (χ2v) is 8.77. The molecule has 1 aliphatic carbocycles. The molecule has 23 heavy (non-hydrogen) atoms. The van der Waals surface area contributed by atoms with E-state index in [4.69, 9.17) is 11.6 Å². The number of hydrogen-bond acceptors (Lipinski definition) is 3. The highest BCUT2D eigenvalue weighted by Crippen LogP contribution is 2.44. The van der Waals surface area contributed by atoms with Gasteiger partial charge >= 0.3 is 0 Å². The van der Waals surface area contributed by atoms with Crippen molar-refractivity contribution in [2.75, 3.05) is 31.3 Å². The van der Waals surface area contributed by atoms with E-state index in [1.54, 1.807) is 0 Å². The molecule has 1 spiro atoms. The van der Waals surface area contributed by atoms with Crippen molar-refractivity contribution in [2.24, 2.45) is 5.92 Å². The van der Waals surface area contributed by atoms with Crippen molar-refractivity contribution in [3.8, 4) is 0 Å². The molecular formula is C17H27ClN2O2S. The monoisotopic (exact) mass is 358 g/mol. The number of alkyl halides is 1. The highest BCUT2D eigenvalue weighted by Gasteiger charge is 2.46. The van der Waals surface area contributed by atoms with Crippen molar-refractivity contribution in [2.45, 2.75) is 56.2 Å². The van der Waals surface area contributed by atoms with E-state index in [9.17, 15) is 9.59 Å². The van der Waals surface area contributed by atoms with Crippen LogP contribution < -0.4 is 0 Å². The molecule has 0 unspecified atom stereocenters. The highest BCUT2D eigenvalue weighted by atomic mass is 35.5. The molecule has 4 nitrogen and oxygen atoms in total. The molecule has 0 aromatic carbocycles. The standard InChI is InChI=1S/C17H27ClN2O2S/c18-13-16(22)19-9-7-17(8-10-19)20(11-12-23-17)15(21)6-5-14-3-1-2-4-14/h14H,1-13H2. The van der Waals surface area contributed by atoms with Gasteiger partial charge < -0.3 is 9.80 Å². The maximum absolute atomic E-state index is 12.8. The minimum Gasteiger partial charge on any atom is -0.341 e. The topological polar surface area (TPSA) is 40.6 Å². The summed E-state index contributed by atoms with van der Waals surface area (Å²) >= 11 is 7.57. The average molecular weight is 359 g/mol. The van der Waals surface area contributed by atoms with Gasteiger partial charge in [-0.25, -0.2) is 0 Å². The third-order valence-corrected chi connectivity index (χ3v) is 7.51. The Morgan fingerprint density at radius 1 is 1.09 bits per heavy atom. The van der Waals surface area contributed by atoms with Crippen molar-refractivity contribution in [1.29, 1.82) is 0 Å². The van der Waals surface area contributed by atoms with Gasteiger partial charge in [0.15, 0.2) is 0 Å². The van der Waals surface area contributed by atoms with E-state index in [1.165, 1.54) is 25.7 Å². The Balaban J connectivity index is 1.54. The molecule has 0 radical (unpaired) electrons. The number of nitrogens with zero attached hydrogens (tertiary/aromatic N) is 2. The van der Waals surface area contributed by atoms with Crippen LogP contribution in [0.15, 0.2) is 0 Å². The maximum Gasteiger partial charge on any atom is 0.237 e. The molecule has 3 aliphatic rings. The average Bonchev–Trinajstić information content (AvgIpc) is 3.23. The Bertz CT molecular complexity index is 446. The van der Waals surface area contributed by atoms with Gasteiger partial charge in [0.1, 0.15) is 5.88 Å². The Morgan fingerprint density at radius 3 is 2.43 bits per heavy atom. The van der Waals surface area contributed by atoms with E-state index < -0.39 is 0 Å². The first-order chi connectivity index (χ1) is 11.1. The summed E-state index contributed by atoms with van der Waals surface area (Å²) in [6.07, 6.45) is 8.83. The number of halogens is 1.